The van der Waals surface area contributed by atoms with Gasteiger partial charge in [0.25, 0.3) is 0 Å². The Balaban J connectivity index is 0.00000225. The normalized spacial score (nSPS) is 23.4. The number of aromatic amines is 1. The van der Waals surface area contributed by atoms with Crippen molar-refractivity contribution in [3.05, 3.63) is 53.5 Å². The van der Waals surface area contributed by atoms with Crippen LogP contribution in [-0.2, 0) is 11.2 Å². The van der Waals surface area contributed by atoms with Crippen LogP contribution in [0.1, 0.15) is 30.4 Å². The Morgan fingerprint density at radius 2 is 2.25 bits per heavy atom. The smallest absolute Gasteiger partial charge is 0.449 e. The molecule has 1 aliphatic carbocycles. The average molecular weight is 372 g/mol. The molecule has 2 aliphatic rings. The Kier molecular flexibility index (Phi) is 6.34. The van der Waals surface area contributed by atoms with Gasteiger partial charge in [0, 0.05) is 48.1 Å². The summed E-state index contributed by atoms with van der Waals surface area (Å²) in [6.07, 6.45) is 5.68. The van der Waals surface area contributed by atoms with Crippen molar-refractivity contribution >= 4 is 22.8 Å². The second kappa shape index (κ2) is 8.56. The van der Waals surface area contributed by atoms with Crippen LogP contribution in [0.25, 0.3) is 16.2 Å². The number of H-pyrrole nitrogens is 1. The minimum atomic E-state index is -0.543. The van der Waals surface area contributed by atoms with Crippen molar-refractivity contribution in [3.8, 4) is 0 Å². The van der Waals surface area contributed by atoms with Crippen LogP contribution in [-0.4, -0.2) is 47.5 Å². The van der Waals surface area contributed by atoms with Crippen molar-refractivity contribution in [1.82, 2.24) is 15.2 Å². The predicted octanol–water partition coefficient (Wildman–Crippen LogP) is 0.318. The molecule has 1 unspecified atom stereocenters. The third kappa shape index (κ3) is 3.65. The number of piperidine rings is 1. The summed E-state index contributed by atoms with van der Waals surface area (Å²) in [5.41, 5.74) is 3.79. The summed E-state index contributed by atoms with van der Waals surface area (Å²) in [4.78, 5) is 30.1. The van der Waals surface area contributed by atoms with Crippen molar-refractivity contribution in [2.45, 2.75) is 31.7 Å². The number of rotatable bonds is 4. The van der Waals surface area contributed by atoms with Gasteiger partial charge in [0.15, 0.2) is 11.9 Å². The first kappa shape index (κ1) is 20.7. The van der Waals surface area contributed by atoms with E-state index >= 15 is 0 Å². The van der Waals surface area contributed by atoms with Gasteiger partial charge in [-0.15, -0.1) is 6.58 Å². The van der Waals surface area contributed by atoms with Gasteiger partial charge in [-0.1, -0.05) is 31.7 Å². The fraction of sp³-hybridized carbons (Fsp3) is 0.429. The van der Waals surface area contributed by atoms with Gasteiger partial charge in [0.05, 0.1) is 0 Å². The first-order valence-electron chi connectivity index (χ1n) is 9.59. The zero-order valence-corrected chi connectivity index (χ0v) is 16.6. The van der Waals surface area contributed by atoms with Gasteiger partial charge >= 0.3 is 18.9 Å². The molecular formula is C21H25LiN4O2. The fourth-order valence-electron chi connectivity index (χ4n) is 4.73. The number of nitrogens with zero attached hydrogens (tertiary/aromatic N) is 2. The second-order valence-corrected chi connectivity index (χ2v) is 7.42. The summed E-state index contributed by atoms with van der Waals surface area (Å²) < 4.78 is 0. The third-order valence-electron chi connectivity index (χ3n) is 5.83. The summed E-state index contributed by atoms with van der Waals surface area (Å²) >= 11 is 0. The molecule has 2 aromatic rings. The van der Waals surface area contributed by atoms with Gasteiger partial charge in [-0.25, -0.2) is 0 Å². The minimum absolute atomic E-state index is 0. The van der Waals surface area contributed by atoms with E-state index in [2.05, 4.69) is 51.5 Å². The number of fused-ring (bicyclic) bond motifs is 2. The molecule has 2 N–H and O–H groups in total. The molecule has 1 saturated heterocycles. The number of nitrogens with one attached hydrogen (secondary N) is 2. The van der Waals surface area contributed by atoms with E-state index in [4.69, 9.17) is 0 Å². The maximum atomic E-state index is 12.7. The van der Waals surface area contributed by atoms with E-state index in [9.17, 15) is 9.59 Å². The van der Waals surface area contributed by atoms with E-state index in [1.807, 2.05) is 13.0 Å². The first-order chi connectivity index (χ1) is 13.1. The molecule has 0 saturated carbocycles. The van der Waals surface area contributed by atoms with E-state index in [-0.39, 0.29) is 36.6 Å². The number of aromatic nitrogens is 1. The summed E-state index contributed by atoms with van der Waals surface area (Å²) in [6.45, 7) is 7.50. The maximum Gasteiger partial charge on any atom is 1.00 e. The van der Waals surface area contributed by atoms with E-state index in [1.165, 1.54) is 16.5 Å². The molecule has 142 valence electrons. The molecule has 1 fully saturated rings. The van der Waals surface area contributed by atoms with Gasteiger partial charge < -0.3 is 15.6 Å². The molecular weight excluding hydrogens is 347 g/mol. The van der Waals surface area contributed by atoms with E-state index < -0.39 is 6.03 Å². The molecule has 0 radical (unpaired) electrons. The Labute approximate surface area is 177 Å². The first-order valence-corrected chi connectivity index (χ1v) is 9.59. The molecule has 0 spiro atoms. The molecule has 28 heavy (non-hydrogen) atoms. The quantitative estimate of drug-likeness (QED) is 0.599. The molecule has 3 atom stereocenters. The number of hydrogen-bond acceptors (Lipinski definition) is 3. The van der Waals surface area contributed by atoms with Gasteiger partial charge in [-0.05, 0) is 30.0 Å². The molecule has 1 aromatic heterocycles. The van der Waals surface area contributed by atoms with Gasteiger partial charge in [-0.2, -0.15) is 0 Å². The number of urea groups is 1. The van der Waals surface area contributed by atoms with Crippen LogP contribution in [0.3, 0.4) is 0 Å². The van der Waals surface area contributed by atoms with Crippen LogP contribution >= 0.6 is 0 Å². The number of amides is 3. The van der Waals surface area contributed by atoms with Crippen LogP contribution in [0, 0.1) is 5.92 Å². The molecule has 2 heterocycles. The summed E-state index contributed by atoms with van der Waals surface area (Å²) in [6, 6.07) is 6.14. The van der Waals surface area contributed by atoms with E-state index in [0.29, 0.717) is 19.1 Å². The maximum absolute atomic E-state index is 12.7. The SMILES string of the molecule is C=CCN1C[C@H](C(=O)[N-]C(=O)NCC)CC2c3cccc4[nH]cc(c34)C[C@H]21.[Li+]. The molecule has 6 nitrogen and oxygen atoms in total. The second-order valence-electron chi connectivity index (χ2n) is 7.42. The number of hydrogen-bond donors (Lipinski definition) is 2. The molecule has 0 bridgehead atoms. The van der Waals surface area contributed by atoms with Gasteiger partial charge in [-0.3, -0.25) is 14.5 Å². The van der Waals surface area contributed by atoms with Crippen LogP contribution in [0.15, 0.2) is 37.1 Å². The topological polar surface area (TPSA) is 79.3 Å². The van der Waals surface area contributed by atoms with Gasteiger partial charge in [0.1, 0.15) is 0 Å². The van der Waals surface area contributed by atoms with Gasteiger partial charge in [0.2, 0.25) is 0 Å². The third-order valence-corrected chi connectivity index (χ3v) is 5.83. The van der Waals surface area contributed by atoms with Crippen molar-refractivity contribution in [3.63, 3.8) is 0 Å². The Morgan fingerprint density at radius 3 is 3.00 bits per heavy atom. The summed E-state index contributed by atoms with van der Waals surface area (Å²) in [5.74, 6) is -0.339. The molecule has 4 rings (SSSR count). The van der Waals surface area contributed by atoms with Crippen molar-refractivity contribution in [2.75, 3.05) is 19.6 Å². The number of imide groups is 1. The molecule has 7 heteroatoms. The van der Waals surface area contributed by atoms with Crippen LogP contribution in [0.5, 0.6) is 0 Å². The van der Waals surface area contributed by atoms with E-state index in [1.54, 1.807) is 0 Å². The molecule has 1 aliphatic heterocycles. The number of carbonyl (C=O) groups is 2. The Morgan fingerprint density at radius 1 is 1.43 bits per heavy atom. The molecule has 1 aromatic carbocycles. The van der Waals surface area contributed by atoms with Crippen molar-refractivity contribution in [1.29, 1.82) is 0 Å². The number of likely N-dealkylation sites (tertiary alicyclic amines) is 1. The number of benzene rings is 1. The van der Waals surface area contributed by atoms with Crippen molar-refractivity contribution in [2.24, 2.45) is 5.92 Å². The minimum Gasteiger partial charge on any atom is -0.449 e. The summed E-state index contributed by atoms with van der Waals surface area (Å²) in [7, 11) is 0. The zero-order chi connectivity index (χ0) is 19.0. The number of carbonyl (C=O) groups excluding carboxylic acids is 2. The molecule has 3 amide bonds. The largest absolute Gasteiger partial charge is 1.00 e. The zero-order valence-electron chi connectivity index (χ0n) is 16.6. The Bertz CT molecular complexity index is 894. The van der Waals surface area contributed by atoms with Crippen LogP contribution in [0.2, 0.25) is 0 Å². The average Bonchev–Trinajstić information content (AvgIpc) is 3.07. The van der Waals surface area contributed by atoms with E-state index in [0.717, 1.165) is 24.9 Å². The predicted molar refractivity (Wildman–Crippen MR) is 106 cm³/mol. The summed E-state index contributed by atoms with van der Waals surface area (Å²) in [5, 5.41) is 7.63. The van der Waals surface area contributed by atoms with Crippen LogP contribution < -0.4 is 24.2 Å². The Hall–Kier alpha value is -2.00. The standard InChI is InChI=1S/C21H26N4O2.Li/c1-3-8-25-12-14(20(26)24-21(27)22-4-2)9-16-15-6-5-7-17-19(15)13(11-23-17)10-18(16)25;/h3,5-7,11,14,16,18,23H,1,4,8-10,12H2,2H3,(H2,22,24,26,27);/q;+1/p-1/t14-,16?,18-;/m1./s1. The van der Waals surface area contributed by atoms with Crippen molar-refractivity contribution < 1.29 is 28.4 Å². The fourth-order valence-corrected chi connectivity index (χ4v) is 4.73. The monoisotopic (exact) mass is 372 g/mol. The van der Waals surface area contributed by atoms with Crippen LogP contribution in [0.4, 0.5) is 4.79 Å².